The molecule has 0 radical (unpaired) electrons. The molecule has 6 rings (SSSR count). The van der Waals surface area contributed by atoms with E-state index < -0.39 is 0 Å². The predicted octanol–water partition coefficient (Wildman–Crippen LogP) is 3.47. The van der Waals surface area contributed by atoms with Gasteiger partial charge in [-0.1, -0.05) is 18.2 Å². The molecular weight excluding hydrogens is 376 g/mol. The molecule has 0 N–H and O–H groups in total. The van der Waals surface area contributed by atoms with Crippen LogP contribution < -0.4 is 4.90 Å². The van der Waals surface area contributed by atoms with Crippen LogP contribution in [0.1, 0.15) is 49.0 Å². The number of para-hydroxylation sites is 1. The van der Waals surface area contributed by atoms with Crippen molar-refractivity contribution in [3.63, 3.8) is 0 Å². The van der Waals surface area contributed by atoms with Crippen LogP contribution in [-0.2, 0) is 28.9 Å². The molecule has 2 fully saturated rings. The van der Waals surface area contributed by atoms with Gasteiger partial charge in [-0.3, -0.25) is 9.48 Å². The Morgan fingerprint density at radius 3 is 2.80 bits per heavy atom. The van der Waals surface area contributed by atoms with E-state index in [1.54, 1.807) is 6.92 Å². The van der Waals surface area contributed by atoms with E-state index in [4.69, 9.17) is 9.84 Å². The Balaban J connectivity index is 1.46. The van der Waals surface area contributed by atoms with Gasteiger partial charge in [0.05, 0.1) is 19.2 Å². The normalized spacial score (nSPS) is 25.9. The Morgan fingerprint density at radius 1 is 1.17 bits per heavy atom. The molecule has 6 heteroatoms. The summed E-state index contributed by atoms with van der Waals surface area (Å²) in [5.41, 5.74) is 5.29. The van der Waals surface area contributed by atoms with Crippen molar-refractivity contribution in [2.75, 3.05) is 31.2 Å². The second kappa shape index (κ2) is 7.12. The smallest absolute Gasteiger partial charge is 0.219 e. The largest absolute Gasteiger partial charge is 0.379 e. The van der Waals surface area contributed by atoms with Gasteiger partial charge in [-0.05, 0) is 49.1 Å². The molecule has 2 atom stereocenters. The Kier molecular flexibility index (Phi) is 4.37. The van der Waals surface area contributed by atoms with Crippen molar-refractivity contribution in [2.24, 2.45) is 11.8 Å². The zero-order valence-corrected chi connectivity index (χ0v) is 17.7. The first-order valence-corrected chi connectivity index (χ1v) is 11.5. The van der Waals surface area contributed by atoms with E-state index in [9.17, 15) is 4.79 Å². The lowest BCUT2D eigenvalue weighted by atomic mass is 9.88. The van der Waals surface area contributed by atoms with Gasteiger partial charge in [0, 0.05) is 50.0 Å². The minimum Gasteiger partial charge on any atom is -0.379 e. The van der Waals surface area contributed by atoms with E-state index >= 15 is 0 Å². The van der Waals surface area contributed by atoms with Crippen LogP contribution in [0.15, 0.2) is 24.3 Å². The van der Waals surface area contributed by atoms with E-state index in [0.717, 1.165) is 50.9 Å². The quantitative estimate of drug-likeness (QED) is 0.783. The first-order chi connectivity index (χ1) is 14.7. The summed E-state index contributed by atoms with van der Waals surface area (Å²) >= 11 is 0. The summed E-state index contributed by atoms with van der Waals surface area (Å²) in [4.78, 5) is 16.6. The Bertz CT molecular complexity index is 974. The summed E-state index contributed by atoms with van der Waals surface area (Å²) in [6, 6.07) is 9.14. The lowest BCUT2D eigenvalue weighted by molar-refractivity contribution is -0.129. The maximum Gasteiger partial charge on any atom is 0.219 e. The van der Waals surface area contributed by atoms with Crippen molar-refractivity contribution in [3.05, 3.63) is 41.1 Å². The number of carbonyl (C=O) groups is 1. The van der Waals surface area contributed by atoms with Crippen LogP contribution in [0, 0.1) is 11.8 Å². The number of aromatic nitrogens is 2. The van der Waals surface area contributed by atoms with Gasteiger partial charge in [-0.15, -0.1) is 0 Å². The average Bonchev–Trinajstić information content (AvgIpc) is 3.34. The second-order valence-corrected chi connectivity index (χ2v) is 9.44. The van der Waals surface area contributed by atoms with Crippen LogP contribution >= 0.6 is 0 Å². The highest BCUT2D eigenvalue weighted by Gasteiger charge is 2.39. The number of fused-ring (bicyclic) bond motifs is 2. The number of ether oxygens (including phenoxy) is 1. The second-order valence-electron chi connectivity index (χ2n) is 9.44. The molecule has 1 saturated carbocycles. The van der Waals surface area contributed by atoms with Gasteiger partial charge in [-0.2, -0.15) is 5.10 Å². The first-order valence-electron chi connectivity index (χ1n) is 11.5. The van der Waals surface area contributed by atoms with Gasteiger partial charge in [0.25, 0.3) is 0 Å². The highest BCUT2D eigenvalue weighted by Crippen LogP contribution is 2.46. The molecule has 3 aliphatic heterocycles. The third-order valence-electron chi connectivity index (χ3n) is 7.49. The third-order valence-corrected chi connectivity index (χ3v) is 7.49. The van der Waals surface area contributed by atoms with Crippen LogP contribution in [0.25, 0.3) is 0 Å². The SMILES string of the molecule is CC(=O)N1CCc2c(c(N3CC(C4CC4)Cc4ccccc43)nn2C2CCOC2)C1. The van der Waals surface area contributed by atoms with Crippen molar-refractivity contribution in [2.45, 2.75) is 51.6 Å². The Hall–Kier alpha value is -2.34. The molecule has 0 bridgehead atoms. The van der Waals surface area contributed by atoms with Crippen molar-refractivity contribution < 1.29 is 9.53 Å². The van der Waals surface area contributed by atoms with Crippen LogP contribution in [0.2, 0.25) is 0 Å². The molecule has 1 aromatic carbocycles. The topological polar surface area (TPSA) is 50.6 Å². The first kappa shape index (κ1) is 18.4. The van der Waals surface area contributed by atoms with Crippen LogP contribution in [0.5, 0.6) is 0 Å². The number of amides is 1. The average molecular weight is 407 g/mol. The van der Waals surface area contributed by atoms with E-state index in [1.165, 1.54) is 41.8 Å². The molecule has 30 heavy (non-hydrogen) atoms. The van der Waals surface area contributed by atoms with Crippen molar-refractivity contribution >= 4 is 17.4 Å². The molecule has 158 valence electrons. The van der Waals surface area contributed by atoms with Gasteiger partial charge < -0.3 is 14.5 Å². The fourth-order valence-electron chi connectivity index (χ4n) is 5.64. The molecule has 1 aromatic heterocycles. The lowest BCUT2D eigenvalue weighted by Crippen LogP contribution is -2.37. The van der Waals surface area contributed by atoms with E-state index in [-0.39, 0.29) is 5.91 Å². The summed E-state index contributed by atoms with van der Waals surface area (Å²) < 4.78 is 7.94. The maximum atomic E-state index is 12.2. The Labute approximate surface area is 177 Å². The lowest BCUT2D eigenvalue weighted by Gasteiger charge is -2.36. The number of nitrogens with zero attached hydrogens (tertiary/aromatic N) is 4. The van der Waals surface area contributed by atoms with E-state index in [0.29, 0.717) is 18.5 Å². The van der Waals surface area contributed by atoms with Gasteiger partial charge in [0.15, 0.2) is 5.82 Å². The van der Waals surface area contributed by atoms with Crippen molar-refractivity contribution in [1.82, 2.24) is 14.7 Å². The molecule has 2 aromatic rings. The molecule has 1 aliphatic carbocycles. The number of benzene rings is 1. The van der Waals surface area contributed by atoms with Crippen molar-refractivity contribution in [1.29, 1.82) is 0 Å². The van der Waals surface area contributed by atoms with Crippen LogP contribution in [0.3, 0.4) is 0 Å². The minimum atomic E-state index is 0.151. The van der Waals surface area contributed by atoms with Crippen LogP contribution in [-0.4, -0.2) is 46.9 Å². The van der Waals surface area contributed by atoms with E-state index in [1.807, 2.05) is 4.90 Å². The number of carbonyl (C=O) groups excluding carboxylic acids is 1. The number of rotatable bonds is 3. The number of hydrogen-bond acceptors (Lipinski definition) is 4. The molecule has 4 aliphatic rings. The van der Waals surface area contributed by atoms with Gasteiger partial charge >= 0.3 is 0 Å². The molecule has 4 heterocycles. The zero-order valence-electron chi connectivity index (χ0n) is 17.7. The summed E-state index contributed by atoms with van der Waals surface area (Å²) in [6.45, 7) is 5.71. The van der Waals surface area contributed by atoms with Gasteiger partial charge in [0.1, 0.15) is 0 Å². The summed E-state index contributed by atoms with van der Waals surface area (Å²) in [6.07, 6.45) is 5.80. The summed E-state index contributed by atoms with van der Waals surface area (Å²) in [5, 5.41) is 5.23. The monoisotopic (exact) mass is 406 g/mol. The third kappa shape index (κ3) is 3.04. The van der Waals surface area contributed by atoms with Gasteiger partial charge in [-0.25, -0.2) is 0 Å². The summed E-state index contributed by atoms with van der Waals surface area (Å²) in [5.74, 6) is 2.78. The molecule has 0 spiro atoms. The minimum absolute atomic E-state index is 0.151. The summed E-state index contributed by atoms with van der Waals surface area (Å²) in [7, 11) is 0. The molecule has 1 saturated heterocycles. The highest BCUT2D eigenvalue weighted by atomic mass is 16.5. The van der Waals surface area contributed by atoms with Crippen molar-refractivity contribution in [3.8, 4) is 0 Å². The fraction of sp³-hybridized carbons (Fsp3) is 0.583. The number of anilines is 2. The molecule has 1 amide bonds. The predicted molar refractivity (Wildman–Crippen MR) is 115 cm³/mol. The molecule has 2 unspecified atom stereocenters. The van der Waals surface area contributed by atoms with E-state index in [2.05, 4.69) is 33.8 Å². The zero-order chi connectivity index (χ0) is 20.2. The standard InChI is InChI=1S/C24H30N4O2/c1-16(29)26-10-8-23-21(14-26)24(25-28(23)20-9-11-30-15-20)27-13-19(17-6-7-17)12-18-4-2-3-5-22(18)27/h2-5,17,19-20H,6-15H2,1H3. The van der Waals surface area contributed by atoms with Gasteiger partial charge in [0.2, 0.25) is 5.91 Å². The molecular formula is C24H30N4O2. The number of hydrogen-bond donors (Lipinski definition) is 0. The molecule has 6 nitrogen and oxygen atoms in total. The Morgan fingerprint density at radius 2 is 2.03 bits per heavy atom. The fourth-order valence-corrected chi connectivity index (χ4v) is 5.64. The van der Waals surface area contributed by atoms with Crippen LogP contribution in [0.4, 0.5) is 11.5 Å². The maximum absolute atomic E-state index is 12.2. The highest BCUT2D eigenvalue weighted by molar-refractivity contribution is 5.75.